The number of nitrogens with two attached hydrogens (primary N) is 1. The van der Waals surface area contributed by atoms with Crippen LogP contribution in [0.4, 0.5) is 13.2 Å². The fraction of sp³-hybridized carbons (Fsp3) is 0.250. The van der Waals surface area contributed by atoms with Crippen LogP contribution in [0.3, 0.4) is 0 Å². The highest BCUT2D eigenvalue weighted by Gasteiger charge is 2.34. The minimum Gasteiger partial charge on any atom is -0.504 e. The van der Waals surface area contributed by atoms with Gasteiger partial charge >= 0.3 is 0 Å². The fourth-order valence-corrected chi connectivity index (χ4v) is 1.38. The second kappa shape index (κ2) is 3.78. The molecule has 1 rings (SSSR count). The standard InChI is InChI=1S/C8H7BrF3NO/c9-4-1-5(8(11,12)3-13)7(14)6(10)2-4/h1-2,14H,3,13H2. The van der Waals surface area contributed by atoms with Gasteiger partial charge in [-0.2, -0.15) is 8.78 Å². The maximum Gasteiger partial charge on any atom is 0.288 e. The summed E-state index contributed by atoms with van der Waals surface area (Å²) in [6.45, 7) is -0.990. The first-order valence-electron chi connectivity index (χ1n) is 3.65. The van der Waals surface area contributed by atoms with E-state index in [1.54, 1.807) is 0 Å². The van der Waals surface area contributed by atoms with E-state index in [0.29, 0.717) is 0 Å². The molecule has 0 spiro atoms. The van der Waals surface area contributed by atoms with Gasteiger partial charge in [0.2, 0.25) is 0 Å². The van der Waals surface area contributed by atoms with Gasteiger partial charge in [0.1, 0.15) is 0 Å². The number of aromatic hydroxyl groups is 1. The van der Waals surface area contributed by atoms with Crippen LogP contribution < -0.4 is 5.73 Å². The van der Waals surface area contributed by atoms with Gasteiger partial charge in [-0.15, -0.1) is 0 Å². The first-order chi connectivity index (χ1) is 6.38. The van der Waals surface area contributed by atoms with Gasteiger partial charge in [-0.05, 0) is 12.1 Å². The molecule has 0 aliphatic rings. The zero-order chi connectivity index (χ0) is 10.9. The molecule has 0 aliphatic carbocycles. The maximum atomic E-state index is 13.0. The molecule has 0 unspecified atom stereocenters. The third-order valence-corrected chi connectivity index (χ3v) is 2.14. The summed E-state index contributed by atoms with van der Waals surface area (Å²) in [5.74, 6) is -5.61. The third-order valence-electron chi connectivity index (χ3n) is 1.68. The number of alkyl halides is 2. The third kappa shape index (κ3) is 2.01. The van der Waals surface area contributed by atoms with Crippen molar-refractivity contribution in [2.45, 2.75) is 5.92 Å². The minimum absolute atomic E-state index is 0.121. The Kier molecular flexibility index (Phi) is 3.06. The maximum absolute atomic E-state index is 13.0. The molecule has 0 heterocycles. The molecule has 2 nitrogen and oxygen atoms in total. The molecule has 3 N–H and O–H groups in total. The number of rotatable bonds is 2. The quantitative estimate of drug-likeness (QED) is 0.866. The zero-order valence-corrected chi connectivity index (χ0v) is 8.48. The topological polar surface area (TPSA) is 46.2 Å². The molecule has 0 saturated heterocycles. The van der Waals surface area contributed by atoms with Gasteiger partial charge < -0.3 is 10.8 Å². The van der Waals surface area contributed by atoms with E-state index in [-0.39, 0.29) is 4.47 Å². The highest BCUT2D eigenvalue weighted by atomic mass is 79.9. The number of hydrogen-bond donors (Lipinski definition) is 2. The van der Waals surface area contributed by atoms with E-state index in [2.05, 4.69) is 15.9 Å². The number of phenols is 1. The van der Waals surface area contributed by atoms with Crippen molar-refractivity contribution in [3.63, 3.8) is 0 Å². The predicted molar refractivity (Wildman–Crippen MR) is 48.7 cm³/mol. The molecule has 1 aromatic rings. The normalized spacial score (nSPS) is 11.8. The lowest BCUT2D eigenvalue weighted by molar-refractivity contribution is 0.00320. The van der Waals surface area contributed by atoms with E-state index in [4.69, 9.17) is 10.8 Å². The molecule has 0 saturated carbocycles. The van der Waals surface area contributed by atoms with Crippen LogP contribution in [0.1, 0.15) is 5.56 Å². The molecule has 0 fully saturated rings. The van der Waals surface area contributed by atoms with Crippen LogP contribution in [0.2, 0.25) is 0 Å². The second-order valence-electron chi connectivity index (χ2n) is 2.69. The van der Waals surface area contributed by atoms with Crippen molar-refractivity contribution in [3.05, 3.63) is 28.0 Å². The van der Waals surface area contributed by atoms with Crippen LogP contribution in [-0.4, -0.2) is 11.7 Å². The van der Waals surface area contributed by atoms with E-state index in [0.717, 1.165) is 12.1 Å². The number of hydrogen-bond acceptors (Lipinski definition) is 2. The Morgan fingerprint density at radius 2 is 2.00 bits per heavy atom. The molecular weight excluding hydrogens is 263 g/mol. The molecule has 0 aromatic heterocycles. The Hall–Kier alpha value is -0.750. The number of phenolic OH excluding ortho intramolecular Hbond substituents is 1. The zero-order valence-electron chi connectivity index (χ0n) is 6.90. The Morgan fingerprint density at radius 3 is 2.50 bits per heavy atom. The Balaban J connectivity index is 3.34. The van der Waals surface area contributed by atoms with Gasteiger partial charge in [0.15, 0.2) is 11.6 Å². The van der Waals surface area contributed by atoms with Crippen molar-refractivity contribution in [1.29, 1.82) is 0 Å². The fourth-order valence-electron chi connectivity index (χ4n) is 0.955. The lowest BCUT2D eigenvalue weighted by Crippen LogP contribution is -2.25. The summed E-state index contributed by atoms with van der Waals surface area (Å²) >= 11 is 2.84. The summed E-state index contributed by atoms with van der Waals surface area (Å²) in [5.41, 5.74) is 4.00. The van der Waals surface area contributed by atoms with E-state index in [1.807, 2.05) is 0 Å². The highest BCUT2D eigenvalue weighted by molar-refractivity contribution is 9.10. The number of benzene rings is 1. The molecule has 0 amide bonds. The lowest BCUT2D eigenvalue weighted by Gasteiger charge is -2.16. The van der Waals surface area contributed by atoms with E-state index in [1.165, 1.54) is 0 Å². The van der Waals surface area contributed by atoms with Crippen LogP contribution in [-0.2, 0) is 5.92 Å². The first kappa shape index (κ1) is 11.3. The Bertz CT molecular complexity index is 357. The SMILES string of the molecule is NCC(F)(F)c1cc(Br)cc(F)c1O. The lowest BCUT2D eigenvalue weighted by atomic mass is 10.1. The largest absolute Gasteiger partial charge is 0.504 e. The van der Waals surface area contributed by atoms with Crippen molar-refractivity contribution in [2.24, 2.45) is 5.73 Å². The van der Waals surface area contributed by atoms with Crippen LogP contribution in [0.25, 0.3) is 0 Å². The van der Waals surface area contributed by atoms with E-state index in [9.17, 15) is 13.2 Å². The van der Waals surface area contributed by atoms with Crippen molar-refractivity contribution < 1.29 is 18.3 Å². The molecule has 6 heteroatoms. The van der Waals surface area contributed by atoms with Crippen LogP contribution in [0.5, 0.6) is 5.75 Å². The van der Waals surface area contributed by atoms with Gasteiger partial charge in [0.05, 0.1) is 12.1 Å². The van der Waals surface area contributed by atoms with Gasteiger partial charge in [-0.1, -0.05) is 15.9 Å². The van der Waals surface area contributed by atoms with E-state index < -0.39 is 29.6 Å². The van der Waals surface area contributed by atoms with Gasteiger partial charge in [-0.3, -0.25) is 0 Å². The average Bonchev–Trinajstić information content (AvgIpc) is 2.11. The van der Waals surface area contributed by atoms with Crippen LogP contribution in [0, 0.1) is 5.82 Å². The first-order valence-corrected chi connectivity index (χ1v) is 4.44. The molecule has 1 aromatic carbocycles. The molecule has 0 bridgehead atoms. The number of halogens is 4. The smallest absolute Gasteiger partial charge is 0.288 e. The summed E-state index contributed by atoms with van der Waals surface area (Å²) in [6, 6.07) is 1.83. The van der Waals surface area contributed by atoms with Gasteiger partial charge in [0.25, 0.3) is 5.92 Å². The molecule has 0 radical (unpaired) electrons. The van der Waals surface area contributed by atoms with Crippen LogP contribution >= 0.6 is 15.9 Å². The van der Waals surface area contributed by atoms with Crippen molar-refractivity contribution in [1.82, 2.24) is 0 Å². The van der Waals surface area contributed by atoms with Gasteiger partial charge in [-0.25, -0.2) is 4.39 Å². The minimum atomic E-state index is -3.44. The average molecular weight is 270 g/mol. The van der Waals surface area contributed by atoms with E-state index >= 15 is 0 Å². The molecule has 0 atom stereocenters. The molecular formula is C8H7BrF3NO. The molecule has 0 aliphatic heterocycles. The predicted octanol–water partition coefficient (Wildman–Crippen LogP) is 2.34. The van der Waals surface area contributed by atoms with Crippen molar-refractivity contribution in [3.8, 4) is 5.75 Å². The Labute approximate surface area is 86.7 Å². The molecule has 14 heavy (non-hydrogen) atoms. The summed E-state index contributed by atoms with van der Waals surface area (Å²) < 4.78 is 39.0. The van der Waals surface area contributed by atoms with Crippen molar-refractivity contribution in [2.75, 3.05) is 6.54 Å². The van der Waals surface area contributed by atoms with Crippen molar-refractivity contribution >= 4 is 15.9 Å². The summed E-state index contributed by atoms with van der Waals surface area (Å²) in [6.07, 6.45) is 0. The second-order valence-corrected chi connectivity index (χ2v) is 3.61. The Morgan fingerprint density at radius 1 is 1.43 bits per heavy atom. The highest BCUT2D eigenvalue weighted by Crippen LogP contribution is 2.37. The van der Waals surface area contributed by atoms with Crippen LogP contribution in [0.15, 0.2) is 16.6 Å². The molecule has 78 valence electrons. The summed E-state index contributed by atoms with van der Waals surface area (Å²) in [5, 5.41) is 9.06. The monoisotopic (exact) mass is 269 g/mol. The summed E-state index contributed by atoms with van der Waals surface area (Å²) in [7, 11) is 0. The summed E-state index contributed by atoms with van der Waals surface area (Å²) in [4.78, 5) is 0. The van der Waals surface area contributed by atoms with Gasteiger partial charge in [0, 0.05) is 4.47 Å².